The summed E-state index contributed by atoms with van der Waals surface area (Å²) in [5, 5.41) is 9.71. The summed E-state index contributed by atoms with van der Waals surface area (Å²) >= 11 is 0. The summed E-state index contributed by atoms with van der Waals surface area (Å²) < 4.78 is 7.59. The third-order valence-electron chi connectivity index (χ3n) is 6.40. The highest BCUT2D eigenvalue weighted by Gasteiger charge is 2.40. The molecule has 7 heteroatoms. The van der Waals surface area contributed by atoms with Crippen LogP contribution in [0.2, 0.25) is 0 Å². The molecule has 3 atom stereocenters. The van der Waals surface area contributed by atoms with E-state index in [0.29, 0.717) is 12.0 Å². The summed E-state index contributed by atoms with van der Waals surface area (Å²) in [6, 6.07) is 0.0280. The largest absolute Gasteiger partial charge is 0.394 e. The first-order chi connectivity index (χ1) is 14.1. The van der Waals surface area contributed by atoms with Crippen molar-refractivity contribution < 1.29 is 9.84 Å². The van der Waals surface area contributed by atoms with Crippen molar-refractivity contribution in [1.29, 1.82) is 0 Å². The van der Waals surface area contributed by atoms with Crippen LogP contribution in [0.5, 0.6) is 0 Å². The Labute approximate surface area is 173 Å². The van der Waals surface area contributed by atoms with Crippen LogP contribution >= 0.6 is 0 Å². The van der Waals surface area contributed by atoms with E-state index in [1.807, 2.05) is 0 Å². The van der Waals surface area contributed by atoms with Gasteiger partial charge in [0.2, 0.25) is 0 Å². The lowest BCUT2D eigenvalue weighted by molar-refractivity contribution is -0.0440. The first-order valence-corrected chi connectivity index (χ1v) is 11.4. The molecule has 0 amide bonds. The smallest absolute Gasteiger partial charge is 0.330 e. The van der Waals surface area contributed by atoms with Gasteiger partial charge in [0.15, 0.2) is 6.23 Å². The maximum absolute atomic E-state index is 12.5. The zero-order valence-corrected chi connectivity index (χ0v) is 17.8. The Hall–Kier alpha value is -1.44. The summed E-state index contributed by atoms with van der Waals surface area (Å²) in [4.78, 5) is 29.1. The summed E-state index contributed by atoms with van der Waals surface area (Å²) in [5.41, 5.74) is -0.314. The Kier molecular flexibility index (Phi) is 8.51. The molecule has 0 bridgehead atoms. The van der Waals surface area contributed by atoms with E-state index < -0.39 is 11.9 Å². The van der Waals surface area contributed by atoms with Gasteiger partial charge in [0.25, 0.3) is 5.56 Å². The molecule has 2 fully saturated rings. The highest BCUT2D eigenvalue weighted by atomic mass is 16.5. The highest BCUT2D eigenvalue weighted by Crippen LogP contribution is 2.32. The molecule has 2 aliphatic rings. The predicted molar refractivity (Wildman–Crippen MR) is 113 cm³/mol. The number of rotatable bonds is 3. The normalized spacial score (nSPS) is 28.4. The van der Waals surface area contributed by atoms with Crippen molar-refractivity contribution in [2.75, 3.05) is 19.7 Å². The van der Waals surface area contributed by atoms with Gasteiger partial charge in [-0.05, 0) is 39.3 Å². The Balaban J connectivity index is 1.80. The van der Waals surface area contributed by atoms with E-state index in [9.17, 15) is 14.7 Å². The van der Waals surface area contributed by atoms with E-state index in [1.165, 1.54) is 55.9 Å². The van der Waals surface area contributed by atoms with Crippen molar-refractivity contribution in [2.45, 2.75) is 95.9 Å². The predicted octanol–water partition coefficient (Wildman–Crippen LogP) is 2.71. The minimum absolute atomic E-state index is 0.0280. The van der Waals surface area contributed by atoms with Crippen LogP contribution in [0.4, 0.5) is 0 Å². The fourth-order valence-electron chi connectivity index (χ4n) is 4.69. The van der Waals surface area contributed by atoms with E-state index in [2.05, 4.69) is 9.88 Å². The topological polar surface area (TPSA) is 87.6 Å². The Morgan fingerprint density at radius 2 is 1.55 bits per heavy atom. The molecule has 29 heavy (non-hydrogen) atoms. The fourth-order valence-corrected chi connectivity index (χ4v) is 4.69. The van der Waals surface area contributed by atoms with E-state index in [1.54, 1.807) is 13.1 Å². The van der Waals surface area contributed by atoms with Crippen LogP contribution in [0.25, 0.3) is 0 Å². The molecule has 2 saturated heterocycles. The van der Waals surface area contributed by atoms with Crippen molar-refractivity contribution in [2.24, 2.45) is 0 Å². The monoisotopic (exact) mass is 407 g/mol. The lowest BCUT2D eigenvalue weighted by Gasteiger charge is -2.32. The van der Waals surface area contributed by atoms with Gasteiger partial charge in [0.1, 0.15) is 0 Å². The molecule has 3 heterocycles. The second-order valence-electron chi connectivity index (χ2n) is 8.68. The van der Waals surface area contributed by atoms with Crippen LogP contribution in [-0.2, 0) is 4.74 Å². The lowest BCUT2D eigenvalue weighted by atomic mass is 10.1. The molecular formula is C22H37N3O4. The molecule has 0 radical (unpaired) electrons. The average Bonchev–Trinajstić information content (AvgIpc) is 3.14. The first-order valence-electron chi connectivity index (χ1n) is 11.4. The number of hydrogen-bond acceptors (Lipinski definition) is 5. The number of H-pyrrole nitrogens is 1. The molecule has 0 spiro atoms. The molecule has 1 aromatic rings. The van der Waals surface area contributed by atoms with Crippen LogP contribution in [-0.4, -0.2) is 51.4 Å². The molecule has 2 aliphatic heterocycles. The van der Waals surface area contributed by atoms with E-state index in [-0.39, 0.29) is 24.3 Å². The summed E-state index contributed by atoms with van der Waals surface area (Å²) in [7, 11) is 0. The van der Waals surface area contributed by atoms with Gasteiger partial charge in [0, 0.05) is 11.8 Å². The van der Waals surface area contributed by atoms with Gasteiger partial charge in [-0.2, -0.15) is 0 Å². The van der Waals surface area contributed by atoms with Gasteiger partial charge >= 0.3 is 5.69 Å². The first kappa shape index (κ1) is 22.2. The van der Waals surface area contributed by atoms with Crippen LogP contribution in [0.15, 0.2) is 15.8 Å². The number of aromatic amines is 1. The maximum atomic E-state index is 12.5. The molecular weight excluding hydrogens is 370 g/mol. The molecule has 0 aliphatic carbocycles. The van der Waals surface area contributed by atoms with Crippen LogP contribution < -0.4 is 11.2 Å². The molecule has 1 aromatic heterocycles. The number of nitrogens with one attached hydrogen (secondary N) is 1. The zero-order chi connectivity index (χ0) is 20.6. The molecule has 0 saturated carbocycles. The third kappa shape index (κ3) is 6.03. The number of ether oxygens (including phenoxy) is 1. The van der Waals surface area contributed by atoms with E-state index in [4.69, 9.17) is 4.74 Å². The molecule has 164 valence electrons. The van der Waals surface area contributed by atoms with Gasteiger partial charge in [-0.1, -0.05) is 51.4 Å². The van der Waals surface area contributed by atoms with Crippen LogP contribution in [0.3, 0.4) is 0 Å². The number of aryl methyl sites for hydroxylation is 1. The van der Waals surface area contributed by atoms with Gasteiger partial charge < -0.3 is 9.84 Å². The molecule has 0 unspecified atom stereocenters. The minimum atomic E-state index is -0.481. The number of aromatic nitrogens is 2. The number of nitrogens with zero attached hydrogens (tertiary/aromatic N) is 2. The van der Waals surface area contributed by atoms with Crippen molar-refractivity contribution >= 4 is 0 Å². The average molecular weight is 408 g/mol. The second-order valence-corrected chi connectivity index (χ2v) is 8.68. The number of aliphatic hydroxyl groups excluding tert-OH is 1. The highest BCUT2D eigenvalue weighted by molar-refractivity contribution is 5.03. The SMILES string of the molecule is Cc1cn([C@@H]2O[C@H](CO)C[C@H]2N2CCCCCCCCCCCC2)c(=O)[nH]c1=O. The summed E-state index contributed by atoms with van der Waals surface area (Å²) in [6.07, 6.45) is 14.2. The summed E-state index contributed by atoms with van der Waals surface area (Å²) in [6.45, 7) is 3.61. The van der Waals surface area contributed by atoms with Crippen molar-refractivity contribution in [3.05, 3.63) is 32.6 Å². The zero-order valence-electron chi connectivity index (χ0n) is 17.8. The van der Waals surface area contributed by atoms with Gasteiger partial charge in [-0.15, -0.1) is 0 Å². The minimum Gasteiger partial charge on any atom is -0.394 e. The Morgan fingerprint density at radius 3 is 2.10 bits per heavy atom. The second kappa shape index (κ2) is 11.1. The fraction of sp³-hybridized carbons (Fsp3) is 0.818. The lowest BCUT2D eigenvalue weighted by Crippen LogP contribution is -2.44. The molecule has 7 nitrogen and oxygen atoms in total. The van der Waals surface area contributed by atoms with Crippen molar-refractivity contribution in [1.82, 2.24) is 14.5 Å². The van der Waals surface area contributed by atoms with Gasteiger partial charge in [-0.3, -0.25) is 19.2 Å². The van der Waals surface area contributed by atoms with Crippen LogP contribution in [0.1, 0.15) is 82.4 Å². The number of aliphatic hydroxyl groups is 1. The quantitative estimate of drug-likeness (QED) is 0.804. The molecule has 0 aromatic carbocycles. The number of hydrogen-bond donors (Lipinski definition) is 2. The molecule has 2 N–H and O–H groups in total. The maximum Gasteiger partial charge on any atom is 0.330 e. The Bertz CT molecular complexity index is 730. The van der Waals surface area contributed by atoms with E-state index in [0.717, 1.165) is 25.9 Å². The van der Waals surface area contributed by atoms with Crippen molar-refractivity contribution in [3.8, 4) is 0 Å². The molecule has 3 rings (SSSR count). The Morgan fingerprint density at radius 1 is 1.00 bits per heavy atom. The van der Waals surface area contributed by atoms with E-state index >= 15 is 0 Å². The van der Waals surface area contributed by atoms with Gasteiger partial charge in [-0.25, -0.2) is 4.79 Å². The van der Waals surface area contributed by atoms with Crippen molar-refractivity contribution in [3.63, 3.8) is 0 Å². The summed E-state index contributed by atoms with van der Waals surface area (Å²) in [5.74, 6) is 0. The third-order valence-corrected chi connectivity index (χ3v) is 6.40. The standard InChI is InChI=1S/C22H37N3O4/c1-17-15-25(22(28)23-20(17)27)21-19(14-18(16-26)29-21)24-12-10-8-6-4-2-3-5-7-9-11-13-24/h15,18-19,21,26H,2-14,16H2,1H3,(H,23,27,28)/t18-,19+,21+/m0/s1. The van der Waals surface area contributed by atoms with Crippen LogP contribution in [0, 0.1) is 6.92 Å². The van der Waals surface area contributed by atoms with Gasteiger partial charge in [0.05, 0.1) is 18.8 Å².